The van der Waals surface area contributed by atoms with Gasteiger partial charge in [-0.2, -0.15) is 0 Å². The number of nitrogens with zero attached hydrogens (tertiary/aromatic N) is 4. The quantitative estimate of drug-likeness (QED) is 0.910. The number of hydrogen-bond donors (Lipinski definition) is 1. The van der Waals surface area contributed by atoms with Gasteiger partial charge in [0, 0.05) is 44.6 Å². The summed E-state index contributed by atoms with van der Waals surface area (Å²) >= 11 is 0. The van der Waals surface area contributed by atoms with Crippen molar-refractivity contribution in [1.29, 1.82) is 0 Å². The van der Waals surface area contributed by atoms with Gasteiger partial charge in [-0.1, -0.05) is 25.1 Å². The molecule has 0 bridgehead atoms. The normalized spacial score (nSPS) is 14.5. The van der Waals surface area contributed by atoms with Crippen LogP contribution in [-0.4, -0.2) is 48.6 Å². The molecule has 0 aliphatic carbocycles. The highest BCUT2D eigenvalue weighted by Gasteiger charge is 2.20. The fourth-order valence-corrected chi connectivity index (χ4v) is 2.76. The van der Waals surface area contributed by atoms with Crippen LogP contribution in [0.1, 0.15) is 23.8 Å². The predicted octanol–water partition coefficient (Wildman–Crippen LogP) is 1.94. The van der Waals surface area contributed by atoms with Gasteiger partial charge in [0.15, 0.2) is 0 Å². The Morgan fingerprint density at radius 2 is 1.79 bits per heavy atom. The number of benzene rings is 1. The highest BCUT2D eigenvalue weighted by Crippen LogP contribution is 2.17. The fourth-order valence-electron chi connectivity index (χ4n) is 2.76. The number of hydrogen-bond acceptors (Lipinski definition) is 5. The Morgan fingerprint density at radius 3 is 2.50 bits per heavy atom. The number of carbonyl (C=O) groups excluding carboxylic acids is 1. The first-order chi connectivity index (χ1) is 11.8. The minimum atomic E-state index is -0.136. The standard InChI is InChI=1S/C18H23N5O/c1-2-9-19-17(24)16-8-10-20-18(21-16)23-13-11-22(12-14-23)15-6-4-3-5-7-15/h3-8,10H,2,9,11-14H2,1H3,(H,19,24). The van der Waals surface area contributed by atoms with Gasteiger partial charge >= 0.3 is 0 Å². The molecule has 1 amide bonds. The first kappa shape index (κ1) is 16.2. The Labute approximate surface area is 142 Å². The summed E-state index contributed by atoms with van der Waals surface area (Å²) in [5.74, 6) is 0.496. The zero-order chi connectivity index (χ0) is 16.8. The average molecular weight is 325 g/mol. The monoisotopic (exact) mass is 325 g/mol. The van der Waals surface area contributed by atoms with E-state index < -0.39 is 0 Å². The molecule has 0 saturated carbocycles. The molecule has 1 aliphatic heterocycles. The summed E-state index contributed by atoms with van der Waals surface area (Å²) in [5.41, 5.74) is 1.67. The number of aromatic nitrogens is 2. The number of anilines is 2. The lowest BCUT2D eigenvalue weighted by Crippen LogP contribution is -2.47. The second kappa shape index (κ2) is 7.77. The van der Waals surface area contributed by atoms with Gasteiger partial charge in [-0.3, -0.25) is 4.79 Å². The van der Waals surface area contributed by atoms with E-state index in [2.05, 4.69) is 49.4 Å². The van der Waals surface area contributed by atoms with Gasteiger partial charge in [0.25, 0.3) is 5.91 Å². The Morgan fingerprint density at radius 1 is 1.08 bits per heavy atom. The van der Waals surface area contributed by atoms with E-state index in [4.69, 9.17) is 0 Å². The molecule has 126 valence electrons. The number of para-hydroxylation sites is 1. The van der Waals surface area contributed by atoms with Gasteiger partial charge in [-0.15, -0.1) is 0 Å². The minimum absolute atomic E-state index is 0.136. The first-order valence-electron chi connectivity index (χ1n) is 8.44. The van der Waals surface area contributed by atoms with E-state index in [1.807, 2.05) is 13.0 Å². The summed E-state index contributed by atoms with van der Waals surface area (Å²) < 4.78 is 0. The average Bonchev–Trinajstić information content (AvgIpc) is 2.67. The summed E-state index contributed by atoms with van der Waals surface area (Å²) in [6.45, 7) is 6.20. The minimum Gasteiger partial charge on any atom is -0.368 e. The zero-order valence-electron chi connectivity index (χ0n) is 14.0. The smallest absolute Gasteiger partial charge is 0.270 e. The number of piperazine rings is 1. The van der Waals surface area contributed by atoms with Gasteiger partial charge in [0.2, 0.25) is 5.95 Å². The van der Waals surface area contributed by atoms with Crippen LogP contribution in [0.4, 0.5) is 11.6 Å². The van der Waals surface area contributed by atoms with Gasteiger partial charge < -0.3 is 15.1 Å². The van der Waals surface area contributed by atoms with Crippen molar-refractivity contribution in [1.82, 2.24) is 15.3 Å². The van der Waals surface area contributed by atoms with Crippen LogP contribution in [0.15, 0.2) is 42.6 Å². The van der Waals surface area contributed by atoms with Crippen LogP contribution in [0.5, 0.6) is 0 Å². The third-order valence-electron chi connectivity index (χ3n) is 4.09. The SMILES string of the molecule is CCCNC(=O)c1ccnc(N2CCN(c3ccccc3)CC2)n1. The molecule has 1 aliphatic rings. The molecule has 1 aromatic carbocycles. The maximum atomic E-state index is 12.0. The number of nitrogens with one attached hydrogen (secondary N) is 1. The van der Waals surface area contributed by atoms with Crippen molar-refractivity contribution in [2.45, 2.75) is 13.3 Å². The van der Waals surface area contributed by atoms with Crippen LogP contribution in [0.3, 0.4) is 0 Å². The molecule has 0 atom stereocenters. The van der Waals surface area contributed by atoms with Crippen LogP contribution >= 0.6 is 0 Å². The predicted molar refractivity (Wildman–Crippen MR) is 95.5 cm³/mol. The molecule has 6 heteroatoms. The lowest BCUT2D eigenvalue weighted by Gasteiger charge is -2.36. The third kappa shape index (κ3) is 3.82. The van der Waals surface area contributed by atoms with E-state index in [-0.39, 0.29) is 5.91 Å². The van der Waals surface area contributed by atoms with Crippen LogP contribution in [-0.2, 0) is 0 Å². The van der Waals surface area contributed by atoms with Crippen molar-refractivity contribution in [2.24, 2.45) is 0 Å². The molecular formula is C18H23N5O. The molecule has 3 rings (SSSR count). The molecule has 1 fully saturated rings. The van der Waals surface area contributed by atoms with E-state index in [0.29, 0.717) is 18.2 Å². The summed E-state index contributed by atoms with van der Waals surface area (Å²) in [7, 11) is 0. The summed E-state index contributed by atoms with van der Waals surface area (Å²) in [6, 6.07) is 12.1. The molecule has 0 spiro atoms. The number of amides is 1. The second-order valence-electron chi connectivity index (χ2n) is 5.81. The number of carbonyl (C=O) groups is 1. The van der Waals surface area contributed by atoms with Crippen molar-refractivity contribution in [3.8, 4) is 0 Å². The molecule has 2 aromatic rings. The first-order valence-corrected chi connectivity index (χ1v) is 8.44. The van der Waals surface area contributed by atoms with E-state index in [1.54, 1.807) is 12.3 Å². The third-order valence-corrected chi connectivity index (χ3v) is 4.09. The second-order valence-corrected chi connectivity index (χ2v) is 5.81. The largest absolute Gasteiger partial charge is 0.368 e. The van der Waals surface area contributed by atoms with Gasteiger partial charge in [0.05, 0.1) is 0 Å². The van der Waals surface area contributed by atoms with E-state index in [1.165, 1.54) is 5.69 Å². The Bertz CT molecular complexity index is 668. The summed E-state index contributed by atoms with van der Waals surface area (Å²) in [5, 5.41) is 2.85. The van der Waals surface area contributed by atoms with Gasteiger partial charge in [-0.25, -0.2) is 9.97 Å². The van der Waals surface area contributed by atoms with E-state index >= 15 is 0 Å². The molecule has 1 saturated heterocycles. The highest BCUT2D eigenvalue weighted by molar-refractivity contribution is 5.92. The Balaban J connectivity index is 1.63. The molecule has 1 aromatic heterocycles. The lowest BCUT2D eigenvalue weighted by atomic mass is 10.2. The van der Waals surface area contributed by atoms with Crippen LogP contribution < -0.4 is 15.1 Å². The topological polar surface area (TPSA) is 61.4 Å². The lowest BCUT2D eigenvalue weighted by molar-refractivity contribution is 0.0948. The Kier molecular flexibility index (Phi) is 5.25. The van der Waals surface area contributed by atoms with E-state index in [9.17, 15) is 4.79 Å². The molecule has 24 heavy (non-hydrogen) atoms. The molecule has 1 N–H and O–H groups in total. The van der Waals surface area contributed by atoms with Crippen molar-refractivity contribution < 1.29 is 4.79 Å². The Hall–Kier alpha value is -2.63. The summed E-state index contributed by atoms with van der Waals surface area (Å²) in [6.07, 6.45) is 2.57. The molecule has 0 unspecified atom stereocenters. The molecular weight excluding hydrogens is 302 g/mol. The highest BCUT2D eigenvalue weighted by atomic mass is 16.1. The van der Waals surface area contributed by atoms with Gasteiger partial charge in [0.1, 0.15) is 5.69 Å². The number of rotatable bonds is 5. The molecule has 0 radical (unpaired) electrons. The van der Waals surface area contributed by atoms with Crippen molar-refractivity contribution in [2.75, 3.05) is 42.5 Å². The van der Waals surface area contributed by atoms with Crippen molar-refractivity contribution in [3.63, 3.8) is 0 Å². The maximum Gasteiger partial charge on any atom is 0.270 e. The van der Waals surface area contributed by atoms with Crippen molar-refractivity contribution >= 4 is 17.5 Å². The fraction of sp³-hybridized carbons (Fsp3) is 0.389. The van der Waals surface area contributed by atoms with Gasteiger partial charge in [-0.05, 0) is 24.6 Å². The zero-order valence-corrected chi connectivity index (χ0v) is 14.0. The summed E-state index contributed by atoms with van der Waals surface area (Å²) in [4.78, 5) is 25.3. The molecule has 2 heterocycles. The molecule has 6 nitrogen and oxygen atoms in total. The van der Waals surface area contributed by atoms with Crippen molar-refractivity contribution in [3.05, 3.63) is 48.3 Å². The maximum absolute atomic E-state index is 12.0. The van der Waals surface area contributed by atoms with Crippen LogP contribution in [0.2, 0.25) is 0 Å². The van der Waals surface area contributed by atoms with Crippen LogP contribution in [0.25, 0.3) is 0 Å². The van der Waals surface area contributed by atoms with E-state index in [0.717, 1.165) is 32.6 Å². The van der Waals surface area contributed by atoms with Crippen LogP contribution in [0, 0.1) is 0 Å².